The van der Waals surface area contributed by atoms with Gasteiger partial charge >= 0.3 is 0 Å². The summed E-state index contributed by atoms with van der Waals surface area (Å²) in [5, 5.41) is 20.8. The van der Waals surface area contributed by atoms with Crippen molar-refractivity contribution in [1.29, 1.82) is 5.26 Å². The normalized spacial score (nSPS) is 11.0. The second-order valence-corrected chi connectivity index (χ2v) is 4.39. The van der Waals surface area contributed by atoms with Gasteiger partial charge in [-0.15, -0.1) is 0 Å². The molecular formula is C16H13FN2O2. The van der Waals surface area contributed by atoms with Crippen LogP contribution in [0.3, 0.4) is 0 Å². The monoisotopic (exact) mass is 284 g/mol. The average molecular weight is 284 g/mol. The number of hydrogen-bond donors (Lipinski definition) is 1. The first-order valence-corrected chi connectivity index (χ1v) is 6.25. The van der Waals surface area contributed by atoms with Gasteiger partial charge in [0.25, 0.3) is 0 Å². The molecule has 0 spiro atoms. The maximum atomic E-state index is 13.7. The van der Waals surface area contributed by atoms with Crippen LogP contribution in [0.5, 0.6) is 5.75 Å². The summed E-state index contributed by atoms with van der Waals surface area (Å²) in [6.45, 7) is 1.62. The summed E-state index contributed by atoms with van der Waals surface area (Å²) >= 11 is 0. The fraction of sp³-hybridized carbons (Fsp3) is 0.125. The molecule has 4 nitrogen and oxygen atoms in total. The zero-order valence-electron chi connectivity index (χ0n) is 11.4. The van der Waals surface area contributed by atoms with Crippen molar-refractivity contribution in [3.8, 4) is 11.8 Å². The highest BCUT2D eigenvalue weighted by Crippen LogP contribution is 2.21. The van der Waals surface area contributed by atoms with Gasteiger partial charge in [-0.2, -0.15) is 5.26 Å². The number of hydrogen-bond acceptors (Lipinski definition) is 4. The molecule has 0 saturated carbocycles. The molecule has 2 aromatic carbocycles. The van der Waals surface area contributed by atoms with Crippen molar-refractivity contribution in [3.05, 3.63) is 65.0 Å². The van der Waals surface area contributed by atoms with Gasteiger partial charge in [-0.05, 0) is 37.3 Å². The third kappa shape index (κ3) is 3.37. The van der Waals surface area contributed by atoms with E-state index in [0.717, 1.165) is 0 Å². The second kappa shape index (κ2) is 6.53. The van der Waals surface area contributed by atoms with Crippen LogP contribution in [0.4, 0.5) is 4.39 Å². The lowest BCUT2D eigenvalue weighted by molar-refractivity contribution is 0.297. The number of benzene rings is 2. The molecule has 0 unspecified atom stereocenters. The van der Waals surface area contributed by atoms with Crippen LogP contribution in [0.15, 0.2) is 47.6 Å². The molecule has 0 heterocycles. The molecule has 5 heteroatoms. The second-order valence-electron chi connectivity index (χ2n) is 4.39. The summed E-state index contributed by atoms with van der Waals surface area (Å²) < 4.78 is 19.3. The highest BCUT2D eigenvalue weighted by molar-refractivity contribution is 6.00. The molecule has 0 aliphatic rings. The largest absolute Gasteiger partial charge is 0.488 e. The topological polar surface area (TPSA) is 65.6 Å². The van der Waals surface area contributed by atoms with Gasteiger partial charge in [-0.3, -0.25) is 0 Å². The molecule has 0 amide bonds. The smallest absolute Gasteiger partial charge is 0.129 e. The summed E-state index contributed by atoms with van der Waals surface area (Å²) in [4.78, 5) is 0. The van der Waals surface area contributed by atoms with Gasteiger partial charge in [0.1, 0.15) is 18.2 Å². The van der Waals surface area contributed by atoms with E-state index in [0.29, 0.717) is 28.2 Å². The van der Waals surface area contributed by atoms with E-state index in [1.54, 1.807) is 31.2 Å². The van der Waals surface area contributed by atoms with Gasteiger partial charge in [0.2, 0.25) is 0 Å². The number of oxime groups is 1. The first-order valence-electron chi connectivity index (χ1n) is 6.25. The fourth-order valence-corrected chi connectivity index (χ4v) is 1.86. The Bertz CT molecular complexity index is 720. The van der Waals surface area contributed by atoms with Crippen molar-refractivity contribution in [2.45, 2.75) is 13.5 Å². The summed E-state index contributed by atoms with van der Waals surface area (Å²) in [7, 11) is 0. The molecule has 0 radical (unpaired) electrons. The molecule has 0 aromatic heterocycles. The van der Waals surface area contributed by atoms with Gasteiger partial charge < -0.3 is 9.94 Å². The molecule has 1 N–H and O–H groups in total. The van der Waals surface area contributed by atoms with Crippen molar-refractivity contribution in [3.63, 3.8) is 0 Å². The Hall–Kier alpha value is -2.87. The molecule has 21 heavy (non-hydrogen) atoms. The predicted molar refractivity (Wildman–Crippen MR) is 75.9 cm³/mol. The SMILES string of the molecule is C/C(=N\O)c1ccccc1OCc1cc(C#N)ccc1F. The molecule has 0 saturated heterocycles. The van der Waals surface area contributed by atoms with Crippen LogP contribution < -0.4 is 4.74 Å². The van der Waals surface area contributed by atoms with Crippen molar-refractivity contribution in [2.75, 3.05) is 0 Å². The summed E-state index contributed by atoms with van der Waals surface area (Å²) in [6, 6.07) is 13.1. The van der Waals surface area contributed by atoms with Crippen LogP contribution >= 0.6 is 0 Å². The number of para-hydroxylation sites is 1. The lowest BCUT2D eigenvalue weighted by atomic mass is 10.1. The van der Waals surface area contributed by atoms with Gasteiger partial charge in [0.15, 0.2) is 0 Å². The van der Waals surface area contributed by atoms with E-state index in [1.165, 1.54) is 18.2 Å². The van der Waals surface area contributed by atoms with E-state index >= 15 is 0 Å². The Morgan fingerprint density at radius 1 is 1.33 bits per heavy atom. The lowest BCUT2D eigenvalue weighted by Crippen LogP contribution is -2.04. The summed E-state index contributed by atoms with van der Waals surface area (Å²) in [5.41, 5.74) is 1.69. The lowest BCUT2D eigenvalue weighted by Gasteiger charge is -2.11. The first kappa shape index (κ1) is 14.5. The van der Waals surface area contributed by atoms with Crippen molar-refractivity contribution in [1.82, 2.24) is 0 Å². The third-order valence-corrected chi connectivity index (χ3v) is 2.98. The maximum Gasteiger partial charge on any atom is 0.129 e. The van der Waals surface area contributed by atoms with Crippen LogP contribution in [-0.4, -0.2) is 10.9 Å². The number of nitriles is 1. The predicted octanol–water partition coefficient (Wildman–Crippen LogP) is 3.47. The van der Waals surface area contributed by atoms with Crippen LogP contribution in [0.25, 0.3) is 0 Å². The molecule has 2 aromatic rings. The minimum Gasteiger partial charge on any atom is -0.488 e. The first-order chi connectivity index (χ1) is 10.2. The fourth-order valence-electron chi connectivity index (χ4n) is 1.86. The Balaban J connectivity index is 2.23. The van der Waals surface area contributed by atoms with Gasteiger partial charge in [0.05, 0.1) is 17.3 Å². The number of rotatable bonds is 4. The number of nitrogens with zero attached hydrogens (tertiary/aromatic N) is 2. The molecular weight excluding hydrogens is 271 g/mol. The minimum absolute atomic E-state index is 0.0168. The van der Waals surface area contributed by atoms with Crippen LogP contribution in [-0.2, 0) is 6.61 Å². The molecule has 0 fully saturated rings. The molecule has 0 aliphatic carbocycles. The average Bonchev–Trinajstić information content (AvgIpc) is 2.53. The Morgan fingerprint density at radius 3 is 2.81 bits per heavy atom. The van der Waals surface area contributed by atoms with E-state index in [4.69, 9.17) is 15.2 Å². The standard InChI is InChI=1S/C16H13FN2O2/c1-11(19-20)14-4-2-3-5-16(14)21-10-13-8-12(9-18)6-7-15(13)17/h2-8,20H,10H2,1H3/b19-11+. The van der Waals surface area contributed by atoms with Crippen molar-refractivity contribution < 1.29 is 14.3 Å². The van der Waals surface area contributed by atoms with Crippen LogP contribution in [0, 0.1) is 17.1 Å². The Kier molecular flexibility index (Phi) is 4.52. The molecule has 2 rings (SSSR count). The third-order valence-electron chi connectivity index (χ3n) is 2.98. The summed E-state index contributed by atoms with van der Waals surface area (Å²) in [5.74, 6) is 0.0496. The van der Waals surface area contributed by atoms with E-state index in [-0.39, 0.29) is 6.61 Å². The zero-order chi connectivity index (χ0) is 15.2. The van der Waals surface area contributed by atoms with E-state index in [2.05, 4.69) is 5.16 Å². The minimum atomic E-state index is -0.431. The van der Waals surface area contributed by atoms with Gasteiger partial charge in [0, 0.05) is 11.1 Å². The zero-order valence-corrected chi connectivity index (χ0v) is 11.4. The molecule has 0 atom stereocenters. The van der Waals surface area contributed by atoms with Crippen LogP contribution in [0.2, 0.25) is 0 Å². The number of halogens is 1. The van der Waals surface area contributed by atoms with Gasteiger partial charge in [-0.1, -0.05) is 17.3 Å². The van der Waals surface area contributed by atoms with Crippen LogP contribution in [0.1, 0.15) is 23.6 Å². The molecule has 106 valence electrons. The van der Waals surface area contributed by atoms with Crippen molar-refractivity contribution >= 4 is 5.71 Å². The van der Waals surface area contributed by atoms with Gasteiger partial charge in [-0.25, -0.2) is 4.39 Å². The molecule has 0 aliphatic heterocycles. The molecule has 0 bridgehead atoms. The Labute approximate surface area is 121 Å². The number of ether oxygens (including phenoxy) is 1. The maximum absolute atomic E-state index is 13.7. The van der Waals surface area contributed by atoms with E-state index in [9.17, 15) is 4.39 Å². The Morgan fingerprint density at radius 2 is 2.10 bits per heavy atom. The quantitative estimate of drug-likeness (QED) is 0.531. The van der Waals surface area contributed by atoms with Crippen molar-refractivity contribution in [2.24, 2.45) is 5.16 Å². The van der Waals surface area contributed by atoms with E-state index < -0.39 is 5.82 Å². The summed E-state index contributed by atoms with van der Waals surface area (Å²) in [6.07, 6.45) is 0. The highest BCUT2D eigenvalue weighted by atomic mass is 19.1. The van der Waals surface area contributed by atoms with E-state index in [1.807, 2.05) is 6.07 Å². The highest BCUT2D eigenvalue weighted by Gasteiger charge is 2.09.